The number of hydrogen-bond donors (Lipinski definition) is 5. The van der Waals surface area contributed by atoms with Crippen LogP contribution in [0.25, 0.3) is 0 Å². The first-order chi connectivity index (χ1) is 7.65. The molecule has 0 aliphatic carbocycles. The van der Waals surface area contributed by atoms with Gasteiger partial charge in [0, 0.05) is 6.20 Å². The van der Waals surface area contributed by atoms with E-state index in [-0.39, 0.29) is 17.7 Å². The first-order valence-electron chi connectivity index (χ1n) is 4.90. The van der Waals surface area contributed by atoms with E-state index in [0.29, 0.717) is 0 Å². The number of aromatic amines is 1. The van der Waals surface area contributed by atoms with Gasteiger partial charge in [0.1, 0.15) is 6.10 Å². The van der Waals surface area contributed by atoms with Gasteiger partial charge in [-0.3, -0.25) is 10.1 Å². The molecule has 16 heavy (non-hydrogen) atoms. The summed E-state index contributed by atoms with van der Waals surface area (Å²) < 4.78 is 0. The van der Waals surface area contributed by atoms with Gasteiger partial charge in [-0.1, -0.05) is 0 Å². The van der Waals surface area contributed by atoms with Crippen LogP contribution in [0, 0.1) is 0 Å². The van der Waals surface area contributed by atoms with E-state index in [1.54, 1.807) is 0 Å². The van der Waals surface area contributed by atoms with E-state index >= 15 is 0 Å². The Morgan fingerprint density at radius 3 is 2.69 bits per heavy atom. The second-order valence-corrected chi connectivity index (χ2v) is 3.75. The third-order valence-corrected chi connectivity index (χ3v) is 2.78. The molecule has 7 nitrogen and oxygen atoms in total. The predicted molar refractivity (Wildman–Crippen MR) is 53.6 cm³/mol. The molecule has 2 heterocycles. The maximum atomic E-state index is 11.5. The van der Waals surface area contributed by atoms with Gasteiger partial charge in [0.2, 0.25) is 0 Å². The Balaban J connectivity index is 2.30. The van der Waals surface area contributed by atoms with E-state index in [9.17, 15) is 15.0 Å². The van der Waals surface area contributed by atoms with Crippen molar-refractivity contribution in [2.45, 2.75) is 24.3 Å². The molecule has 0 radical (unpaired) electrons. The third kappa shape index (κ3) is 1.74. The Hall–Kier alpha value is -1.28. The van der Waals surface area contributed by atoms with Crippen LogP contribution < -0.4 is 10.9 Å². The molecule has 1 aliphatic rings. The lowest BCUT2D eigenvalue weighted by molar-refractivity contribution is 0.0193. The van der Waals surface area contributed by atoms with Gasteiger partial charge in [0.15, 0.2) is 0 Å². The van der Waals surface area contributed by atoms with Gasteiger partial charge in [-0.25, -0.2) is 4.98 Å². The third-order valence-electron chi connectivity index (χ3n) is 2.78. The molecule has 1 fully saturated rings. The molecule has 4 atom stereocenters. The van der Waals surface area contributed by atoms with Crippen molar-refractivity contribution >= 4 is 0 Å². The molecule has 0 saturated carbocycles. The van der Waals surface area contributed by atoms with Crippen LogP contribution in [0.3, 0.4) is 0 Å². The second-order valence-electron chi connectivity index (χ2n) is 3.75. The molecule has 1 aliphatic heterocycles. The van der Waals surface area contributed by atoms with Crippen LogP contribution in [0.4, 0.5) is 0 Å². The summed E-state index contributed by atoms with van der Waals surface area (Å²) in [4.78, 5) is 17.6. The maximum Gasteiger partial charge on any atom is 0.255 e. The summed E-state index contributed by atoms with van der Waals surface area (Å²) in [6.45, 7) is -0.313. The summed E-state index contributed by atoms with van der Waals surface area (Å²) in [5, 5.41) is 31.0. The molecule has 1 aromatic rings. The standard InChI is InChI=1S/C9H13N3O4/c13-2-5-7(14)8(15)6(12-5)4-1-10-3-11-9(4)16/h1,3,5-8,12-15H,2H2,(H,10,11,16)/t5-,6+,7-,8+/m1/s1. The molecule has 5 N–H and O–H groups in total. The van der Waals surface area contributed by atoms with Crippen molar-refractivity contribution in [1.29, 1.82) is 0 Å². The molecule has 0 unspecified atom stereocenters. The molecular weight excluding hydrogens is 214 g/mol. The average molecular weight is 227 g/mol. The predicted octanol–water partition coefficient (Wildman–Crippen LogP) is -2.50. The molecule has 0 bridgehead atoms. The minimum atomic E-state index is -1.14. The summed E-state index contributed by atoms with van der Waals surface area (Å²) >= 11 is 0. The highest BCUT2D eigenvalue weighted by atomic mass is 16.3. The molecule has 1 aromatic heterocycles. The highest BCUT2D eigenvalue weighted by Gasteiger charge is 2.42. The Labute approximate surface area is 90.8 Å². The summed E-state index contributed by atoms with van der Waals surface area (Å²) in [7, 11) is 0. The first kappa shape index (κ1) is 11.2. The number of aromatic nitrogens is 2. The van der Waals surface area contributed by atoms with Crippen molar-refractivity contribution < 1.29 is 15.3 Å². The lowest BCUT2D eigenvalue weighted by Gasteiger charge is -2.14. The van der Waals surface area contributed by atoms with Crippen molar-refractivity contribution in [2.75, 3.05) is 6.61 Å². The highest BCUT2D eigenvalue weighted by Crippen LogP contribution is 2.24. The number of hydrogen-bond acceptors (Lipinski definition) is 6. The van der Waals surface area contributed by atoms with Gasteiger partial charge >= 0.3 is 0 Å². The summed E-state index contributed by atoms with van der Waals surface area (Å²) in [6.07, 6.45) is 0.330. The van der Waals surface area contributed by atoms with Crippen molar-refractivity contribution in [3.8, 4) is 0 Å². The maximum absolute atomic E-state index is 11.5. The van der Waals surface area contributed by atoms with Gasteiger partial charge in [0.25, 0.3) is 5.56 Å². The van der Waals surface area contributed by atoms with E-state index < -0.39 is 24.3 Å². The Morgan fingerprint density at radius 2 is 2.12 bits per heavy atom. The largest absolute Gasteiger partial charge is 0.395 e. The van der Waals surface area contributed by atoms with Crippen molar-refractivity contribution in [1.82, 2.24) is 15.3 Å². The number of nitrogens with zero attached hydrogens (tertiary/aromatic N) is 1. The lowest BCUT2D eigenvalue weighted by atomic mass is 10.0. The summed E-state index contributed by atoms with van der Waals surface area (Å²) in [6, 6.07) is -1.36. The quantitative estimate of drug-likeness (QED) is 0.381. The number of aliphatic hydroxyl groups excluding tert-OH is 3. The number of rotatable bonds is 2. The van der Waals surface area contributed by atoms with E-state index in [0.717, 1.165) is 0 Å². The summed E-state index contributed by atoms with van der Waals surface area (Å²) in [5.74, 6) is 0. The van der Waals surface area contributed by atoms with Gasteiger partial charge in [-0.15, -0.1) is 0 Å². The molecule has 7 heteroatoms. The van der Waals surface area contributed by atoms with Crippen LogP contribution >= 0.6 is 0 Å². The fourth-order valence-corrected chi connectivity index (χ4v) is 1.87. The first-order valence-corrected chi connectivity index (χ1v) is 4.90. The van der Waals surface area contributed by atoms with Gasteiger partial charge < -0.3 is 20.3 Å². The van der Waals surface area contributed by atoms with Crippen molar-refractivity contribution in [3.05, 3.63) is 28.4 Å². The van der Waals surface area contributed by atoms with Crippen LogP contribution in [0.2, 0.25) is 0 Å². The smallest absolute Gasteiger partial charge is 0.255 e. The minimum absolute atomic E-state index is 0.241. The molecular formula is C9H13N3O4. The van der Waals surface area contributed by atoms with Gasteiger partial charge in [-0.2, -0.15) is 0 Å². The zero-order valence-electron chi connectivity index (χ0n) is 8.37. The van der Waals surface area contributed by atoms with Crippen molar-refractivity contribution in [3.63, 3.8) is 0 Å². The highest BCUT2D eigenvalue weighted by molar-refractivity contribution is 5.16. The van der Waals surface area contributed by atoms with E-state index in [1.165, 1.54) is 12.5 Å². The topological polar surface area (TPSA) is 118 Å². The van der Waals surface area contributed by atoms with Crippen LogP contribution in [0.1, 0.15) is 11.6 Å². The lowest BCUT2D eigenvalue weighted by Crippen LogP contribution is -2.36. The monoisotopic (exact) mass is 227 g/mol. The zero-order valence-corrected chi connectivity index (χ0v) is 8.37. The SMILES string of the molecule is O=c1[nH]cncc1[C@@H]1N[C@H](CO)[C@@H](O)[C@H]1O. The molecule has 0 aromatic carbocycles. The Bertz CT molecular complexity index is 421. The zero-order chi connectivity index (χ0) is 11.7. The van der Waals surface area contributed by atoms with Crippen LogP contribution in [-0.2, 0) is 0 Å². The molecule has 0 spiro atoms. The van der Waals surface area contributed by atoms with Crippen LogP contribution in [0.15, 0.2) is 17.3 Å². The number of nitrogens with one attached hydrogen (secondary N) is 2. The molecule has 1 saturated heterocycles. The van der Waals surface area contributed by atoms with E-state index in [2.05, 4.69) is 15.3 Å². The van der Waals surface area contributed by atoms with Crippen LogP contribution in [-0.4, -0.2) is 50.1 Å². The Morgan fingerprint density at radius 1 is 1.38 bits per heavy atom. The number of aliphatic hydroxyl groups is 3. The second kappa shape index (κ2) is 4.30. The summed E-state index contributed by atoms with van der Waals surface area (Å²) in [5.41, 5.74) is -0.137. The van der Waals surface area contributed by atoms with E-state index in [1.807, 2.05) is 0 Å². The molecule has 2 rings (SSSR count). The Kier molecular flexibility index (Phi) is 3.01. The van der Waals surface area contributed by atoms with Crippen molar-refractivity contribution in [2.24, 2.45) is 0 Å². The van der Waals surface area contributed by atoms with Gasteiger partial charge in [0.05, 0.1) is 36.7 Å². The minimum Gasteiger partial charge on any atom is -0.395 e. The normalized spacial score (nSPS) is 34.2. The fraction of sp³-hybridized carbons (Fsp3) is 0.556. The average Bonchev–Trinajstić information content (AvgIpc) is 2.57. The molecule has 88 valence electrons. The number of H-pyrrole nitrogens is 1. The molecule has 0 amide bonds. The van der Waals surface area contributed by atoms with Gasteiger partial charge in [-0.05, 0) is 0 Å². The van der Waals surface area contributed by atoms with Crippen LogP contribution in [0.5, 0.6) is 0 Å². The fourth-order valence-electron chi connectivity index (χ4n) is 1.87. The van der Waals surface area contributed by atoms with E-state index in [4.69, 9.17) is 5.11 Å².